The van der Waals surface area contributed by atoms with Gasteiger partial charge in [0, 0.05) is 12.1 Å². The van der Waals surface area contributed by atoms with Crippen molar-refractivity contribution >= 4 is 11.6 Å². The van der Waals surface area contributed by atoms with Crippen molar-refractivity contribution < 1.29 is 14.3 Å². The molecule has 0 spiro atoms. The minimum atomic E-state index is 0.0245. The monoisotopic (exact) mass is 355 g/mol. The molecule has 0 aromatic heterocycles. The Balaban J connectivity index is 1.79. The van der Waals surface area contributed by atoms with Crippen molar-refractivity contribution in [3.63, 3.8) is 0 Å². The van der Waals surface area contributed by atoms with Gasteiger partial charge in [-0.2, -0.15) is 0 Å². The highest BCUT2D eigenvalue weighted by Gasteiger charge is 2.11. The second kappa shape index (κ2) is 9.85. The van der Waals surface area contributed by atoms with E-state index in [1.54, 1.807) is 0 Å². The van der Waals surface area contributed by atoms with Gasteiger partial charge in [-0.25, -0.2) is 0 Å². The van der Waals surface area contributed by atoms with E-state index in [0.29, 0.717) is 32.0 Å². The van der Waals surface area contributed by atoms with E-state index in [2.05, 4.69) is 25.2 Å². The summed E-state index contributed by atoms with van der Waals surface area (Å²) in [6.07, 6.45) is 1.10. The van der Waals surface area contributed by atoms with Crippen LogP contribution in [0.1, 0.15) is 50.7 Å². The molecular formula is C22H29NO3. The summed E-state index contributed by atoms with van der Waals surface area (Å²) in [7, 11) is 0. The molecule has 140 valence electrons. The van der Waals surface area contributed by atoms with Crippen LogP contribution in [0.4, 0.5) is 5.69 Å². The molecule has 0 aliphatic carbocycles. The number of benzene rings is 2. The van der Waals surface area contributed by atoms with Crippen LogP contribution in [0.5, 0.6) is 11.5 Å². The number of aryl methyl sites for hydroxylation is 1. The second-order valence-electron chi connectivity index (χ2n) is 6.60. The van der Waals surface area contributed by atoms with Crippen molar-refractivity contribution in [1.29, 1.82) is 0 Å². The average Bonchev–Trinajstić information content (AvgIpc) is 2.62. The fraction of sp³-hybridized carbons (Fsp3) is 0.409. The van der Waals surface area contributed by atoms with Crippen molar-refractivity contribution in [2.75, 3.05) is 18.5 Å². The third-order valence-corrected chi connectivity index (χ3v) is 4.14. The van der Waals surface area contributed by atoms with Crippen LogP contribution >= 0.6 is 0 Å². The first-order valence-corrected chi connectivity index (χ1v) is 9.26. The van der Waals surface area contributed by atoms with Gasteiger partial charge in [0.05, 0.1) is 13.2 Å². The number of amides is 1. The van der Waals surface area contributed by atoms with Gasteiger partial charge in [-0.05, 0) is 61.6 Å². The number of para-hydroxylation sites is 1. The second-order valence-corrected chi connectivity index (χ2v) is 6.60. The van der Waals surface area contributed by atoms with Crippen LogP contribution in [-0.4, -0.2) is 19.1 Å². The van der Waals surface area contributed by atoms with E-state index in [9.17, 15) is 4.79 Å². The molecule has 0 radical (unpaired) electrons. The molecule has 0 saturated heterocycles. The van der Waals surface area contributed by atoms with Crippen molar-refractivity contribution in [2.24, 2.45) is 0 Å². The zero-order chi connectivity index (χ0) is 18.9. The van der Waals surface area contributed by atoms with E-state index in [0.717, 1.165) is 22.7 Å². The van der Waals surface area contributed by atoms with Crippen LogP contribution in [0.25, 0.3) is 0 Å². The lowest BCUT2D eigenvalue weighted by molar-refractivity contribution is -0.116. The normalized spacial score (nSPS) is 10.7. The summed E-state index contributed by atoms with van der Waals surface area (Å²) in [5.74, 6) is 2.01. The minimum absolute atomic E-state index is 0.0245. The topological polar surface area (TPSA) is 47.6 Å². The van der Waals surface area contributed by atoms with Gasteiger partial charge in [-0.3, -0.25) is 4.79 Å². The molecule has 2 aromatic carbocycles. The molecule has 2 aromatic rings. The standard InChI is InChI=1S/C22H29NO3/c1-5-25-18-11-13-19(14-12-18)26-15-7-10-21(24)23-22-17(4)8-6-9-20(22)16(2)3/h6,8-9,11-14,16H,5,7,10,15H2,1-4H3,(H,23,24). The predicted octanol–water partition coefficient (Wildman–Crippen LogP) is 5.31. The first-order chi connectivity index (χ1) is 12.5. The number of ether oxygens (including phenoxy) is 2. The molecule has 2 rings (SSSR count). The maximum absolute atomic E-state index is 12.3. The van der Waals surface area contributed by atoms with Gasteiger partial charge in [0.1, 0.15) is 11.5 Å². The molecule has 0 aliphatic rings. The lowest BCUT2D eigenvalue weighted by Crippen LogP contribution is -2.15. The Bertz CT molecular complexity index is 708. The average molecular weight is 355 g/mol. The Morgan fingerprint density at radius 1 is 1.04 bits per heavy atom. The minimum Gasteiger partial charge on any atom is -0.494 e. The molecule has 1 N–H and O–H groups in total. The Hall–Kier alpha value is -2.49. The third kappa shape index (κ3) is 5.80. The number of anilines is 1. The summed E-state index contributed by atoms with van der Waals surface area (Å²) < 4.78 is 11.1. The predicted molar refractivity (Wildman–Crippen MR) is 106 cm³/mol. The van der Waals surface area contributed by atoms with Crippen molar-refractivity contribution in [3.8, 4) is 11.5 Å². The Labute approximate surface area is 156 Å². The lowest BCUT2D eigenvalue weighted by atomic mass is 9.98. The van der Waals surface area contributed by atoms with Gasteiger partial charge in [0.25, 0.3) is 0 Å². The van der Waals surface area contributed by atoms with E-state index in [-0.39, 0.29) is 5.91 Å². The molecule has 0 heterocycles. The van der Waals surface area contributed by atoms with Gasteiger partial charge in [0.2, 0.25) is 5.91 Å². The fourth-order valence-corrected chi connectivity index (χ4v) is 2.77. The van der Waals surface area contributed by atoms with Crippen LogP contribution < -0.4 is 14.8 Å². The van der Waals surface area contributed by atoms with E-state index in [4.69, 9.17) is 9.47 Å². The van der Waals surface area contributed by atoms with Gasteiger partial charge >= 0.3 is 0 Å². The highest BCUT2D eigenvalue weighted by atomic mass is 16.5. The molecule has 0 aliphatic heterocycles. The van der Waals surface area contributed by atoms with E-state index >= 15 is 0 Å². The van der Waals surface area contributed by atoms with Gasteiger partial charge < -0.3 is 14.8 Å². The van der Waals surface area contributed by atoms with Crippen LogP contribution in [0.15, 0.2) is 42.5 Å². The molecule has 26 heavy (non-hydrogen) atoms. The summed E-state index contributed by atoms with van der Waals surface area (Å²) in [5.41, 5.74) is 3.21. The molecule has 0 atom stereocenters. The summed E-state index contributed by atoms with van der Waals surface area (Å²) in [5, 5.41) is 3.07. The number of hydrogen-bond acceptors (Lipinski definition) is 3. The SMILES string of the molecule is CCOc1ccc(OCCCC(=O)Nc2c(C)cccc2C(C)C)cc1. The van der Waals surface area contributed by atoms with Crippen LogP contribution in [0, 0.1) is 6.92 Å². The maximum Gasteiger partial charge on any atom is 0.224 e. The Kier molecular flexibility index (Phi) is 7.52. The van der Waals surface area contributed by atoms with Crippen molar-refractivity contribution in [1.82, 2.24) is 0 Å². The first-order valence-electron chi connectivity index (χ1n) is 9.26. The summed E-state index contributed by atoms with van der Waals surface area (Å²) in [4.78, 5) is 12.3. The zero-order valence-corrected chi connectivity index (χ0v) is 16.2. The van der Waals surface area contributed by atoms with E-state index in [1.165, 1.54) is 5.56 Å². The number of carbonyl (C=O) groups excluding carboxylic acids is 1. The fourth-order valence-electron chi connectivity index (χ4n) is 2.77. The van der Waals surface area contributed by atoms with Crippen LogP contribution in [0.2, 0.25) is 0 Å². The van der Waals surface area contributed by atoms with Crippen molar-refractivity contribution in [2.45, 2.75) is 46.5 Å². The van der Waals surface area contributed by atoms with Crippen LogP contribution in [0.3, 0.4) is 0 Å². The van der Waals surface area contributed by atoms with E-state index < -0.39 is 0 Å². The third-order valence-electron chi connectivity index (χ3n) is 4.14. The molecular weight excluding hydrogens is 326 g/mol. The summed E-state index contributed by atoms with van der Waals surface area (Å²) in [6.45, 7) is 9.40. The maximum atomic E-state index is 12.3. The molecule has 0 saturated carbocycles. The quantitative estimate of drug-likeness (QED) is 0.620. The van der Waals surface area contributed by atoms with Gasteiger partial charge in [-0.1, -0.05) is 32.0 Å². The first kappa shape index (κ1) is 19.8. The molecule has 0 unspecified atom stereocenters. The zero-order valence-electron chi connectivity index (χ0n) is 16.2. The molecule has 4 heteroatoms. The number of nitrogens with one attached hydrogen (secondary N) is 1. The Morgan fingerprint density at radius 2 is 1.69 bits per heavy atom. The highest BCUT2D eigenvalue weighted by molar-refractivity contribution is 5.92. The number of carbonyl (C=O) groups is 1. The lowest BCUT2D eigenvalue weighted by Gasteiger charge is -2.16. The molecule has 1 amide bonds. The van der Waals surface area contributed by atoms with Crippen molar-refractivity contribution in [3.05, 3.63) is 53.6 Å². The van der Waals surface area contributed by atoms with Gasteiger partial charge in [-0.15, -0.1) is 0 Å². The smallest absolute Gasteiger partial charge is 0.224 e. The van der Waals surface area contributed by atoms with Gasteiger partial charge in [0.15, 0.2) is 0 Å². The summed E-state index contributed by atoms with van der Waals surface area (Å²) in [6, 6.07) is 13.7. The Morgan fingerprint density at radius 3 is 2.31 bits per heavy atom. The number of hydrogen-bond donors (Lipinski definition) is 1. The molecule has 0 fully saturated rings. The number of rotatable bonds is 9. The summed E-state index contributed by atoms with van der Waals surface area (Å²) >= 11 is 0. The highest BCUT2D eigenvalue weighted by Crippen LogP contribution is 2.27. The molecule has 0 bridgehead atoms. The largest absolute Gasteiger partial charge is 0.494 e. The molecule has 4 nitrogen and oxygen atoms in total. The van der Waals surface area contributed by atoms with Crippen LogP contribution in [-0.2, 0) is 4.79 Å². The van der Waals surface area contributed by atoms with E-state index in [1.807, 2.05) is 50.2 Å².